The molecule has 3 aromatic rings. The number of carbonyl (C=O) groups excluding carboxylic acids is 2. The molecule has 214 valence electrons. The van der Waals surface area contributed by atoms with Crippen LogP contribution in [0, 0.1) is 6.92 Å². The lowest BCUT2D eigenvalue weighted by Crippen LogP contribution is -2.52. The standard InChI is InChI=1S/C24H32N2O2.C10H12O2/c1-5-24(25(3)4,18-20-8-6-19(2)7-9-20)23(27)21-10-12-22(13-11-21)26-14-16-28-17-15-26;1-10(2,12)9(11)8-6-4-3-5-7-8/h6-13H,5,14-18H2,1-4H3;3-7,12H,1-2H3. The number of likely N-dealkylation sites (N-methyl/N-ethyl adjacent to an activating group) is 1. The zero-order chi connectivity index (χ0) is 29.3. The van der Waals surface area contributed by atoms with E-state index in [0.29, 0.717) is 12.0 Å². The molecule has 1 atom stereocenters. The lowest BCUT2D eigenvalue weighted by atomic mass is 9.80. The number of rotatable bonds is 9. The maximum absolute atomic E-state index is 13.6. The molecule has 0 radical (unpaired) electrons. The second kappa shape index (κ2) is 13.8. The Bertz CT molecular complexity index is 1230. The van der Waals surface area contributed by atoms with E-state index < -0.39 is 11.1 Å². The molecule has 3 aromatic carbocycles. The van der Waals surface area contributed by atoms with Crippen molar-refractivity contribution < 1.29 is 19.4 Å². The van der Waals surface area contributed by atoms with Crippen LogP contribution in [0.25, 0.3) is 0 Å². The van der Waals surface area contributed by atoms with Crippen molar-refractivity contribution >= 4 is 17.3 Å². The molecule has 4 rings (SSSR count). The van der Waals surface area contributed by atoms with Gasteiger partial charge in [0.2, 0.25) is 0 Å². The normalized spacial score (nSPS) is 15.2. The SMILES string of the molecule is CC(C)(O)C(=O)c1ccccc1.CCC(Cc1ccc(C)cc1)(C(=O)c1ccc(N2CCOCC2)cc1)N(C)C. The predicted molar refractivity (Wildman–Crippen MR) is 162 cm³/mol. The highest BCUT2D eigenvalue weighted by Crippen LogP contribution is 2.29. The van der Waals surface area contributed by atoms with Gasteiger partial charge < -0.3 is 14.7 Å². The van der Waals surface area contributed by atoms with Crippen LogP contribution >= 0.6 is 0 Å². The van der Waals surface area contributed by atoms with E-state index in [2.05, 4.69) is 60.0 Å². The number of benzene rings is 3. The zero-order valence-electron chi connectivity index (χ0n) is 24.8. The minimum absolute atomic E-state index is 0.189. The number of morpholine rings is 1. The summed E-state index contributed by atoms with van der Waals surface area (Å²) < 4.78 is 5.43. The van der Waals surface area contributed by atoms with Crippen molar-refractivity contribution in [1.82, 2.24) is 4.90 Å². The second-order valence-corrected chi connectivity index (χ2v) is 11.2. The van der Waals surface area contributed by atoms with Crippen LogP contribution < -0.4 is 4.90 Å². The van der Waals surface area contributed by atoms with E-state index in [1.54, 1.807) is 24.3 Å². The van der Waals surface area contributed by atoms with Crippen molar-refractivity contribution in [3.8, 4) is 0 Å². The number of hydrogen-bond donors (Lipinski definition) is 1. The van der Waals surface area contributed by atoms with Gasteiger partial charge in [-0.25, -0.2) is 0 Å². The minimum Gasteiger partial charge on any atom is -0.382 e. The van der Waals surface area contributed by atoms with E-state index in [1.807, 2.05) is 32.3 Å². The number of anilines is 1. The molecule has 0 saturated carbocycles. The minimum atomic E-state index is -1.28. The second-order valence-electron chi connectivity index (χ2n) is 11.2. The smallest absolute Gasteiger partial charge is 0.193 e. The first kappa shape index (κ1) is 31.2. The molecule has 40 heavy (non-hydrogen) atoms. The highest BCUT2D eigenvalue weighted by molar-refractivity contribution is 6.03. The lowest BCUT2D eigenvalue weighted by Gasteiger charge is -2.38. The van der Waals surface area contributed by atoms with Gasteiger partial charge in [-0.3, -0.25) is 14.5 Å². The fourth-order valence-electron chi connectivity index (χ4n) is 4.94. The quantitative estimate of drug-likeness (QED) is 0.353. The van der Waals surface area contributed by atoms with Crippen molar-refractivity contribution in [3.63, 3.8) is 0 Å². The van der Waals surface area contributed by atoms with Crippen molar-refractivity contribution in [3.05, 3.63) is 101 Å². The summed E-state index contributed by atoms with van der Waals surface area (Å²) in [5.74, 6) is -0.0581. The van der Waals surface area contributed by atoms with Crippen LogP contribution in [-0.2, 0) is 11.2 Å². The molecular formula is C34H44N2O4. The van der Waals surface area contributed by atoms with Gasteiger partial charge in [0, 0.05) is 29.9 Å². The molecule has 0 amide bonds. The van der Waals surface area contributed by atoms with E-state index >= 15 is 0 Å². The van der Waals surface area contributed by atoms with Crippen molar-refractivity contribution in [2.45, 2.75) is 51.7 Å². The molecule has 0 aromatic heterocycles. The Labute approximate surface area is 239 Å². The molecule has 1 heterocycles. The summed E-state index contributed by atoms with van der Waals surface area (Å²) in [5, 5.41) is 9.39. The molecule has 1 aliphatic rings. The summed E-state index contributed by atoms with van der Waals surface area (Å²) in [6, 6.07) is 25.4. The van der Waals surface area contributed by atoms with Crippen LogP contribution in [0.5, 0.6) is 0 Å². The van der Waals surface area contributed by atoms with E-state index in [9.17, 15) is 14.7 Å². The highest BCUT2D eigenvalue weighted by Gasteiger charge is 2.39. The van der Waals surface area contributed by atoms with Crippen LogP contribution in [0.1, 0.15) is 59.0 Å². The summed E-state index contributed by atoms with van der Waals surface area (Å²) in [4.78, 5) is 29.4. The van der Waals surface area contributed by atoms with Gasteiger partial charge in [0.25, 0.3) is 0 Å². The number of carbonyl (C=O) groups is 2. The van der Waals surface area contributed by atoms with E-state index in [0.717, 1.165) is 44.0 Å². The number of ketones is 2. The fourth-order valence-corrected chi connectivity index (χ4v) is 4.94. The van der Waals surface area contributed by atoms with Gasteiger partial charge in [-0.1, -0.05) is 67.1 Å². The molecule has 0 spiro atoms. The van der Waals surface area contributed by atoms with E-state index in [4.69, 9.17) is 4.74 Å². The van der Waals surface area contributed by atoms with E-state index in [1.165, 1.54) is 25.0 Å². The van der Waals surface area contributed by atoms with Gasteiger partial charge in [0.05, 0.1) is 18.8 Å². The van der Waals surface area contributed by atoms with Gasteiger partial charge in [-0.05, 0) is 77.5 Å². The van der Waals surface area contributed by atoms with Crippen LogP contribution in [0.3, 0.4) is 0 Å². The van der Waals surface area contributed by atoms with Gasteiger partial charge in [0.15, 0.2) is 11.6 Å². The summed E-state index contributed by atoms with van der Waals surface area (Å²) in [7, 11) is 4.02. The number of aliphatic hydroxyl groups is 1. The zero-order valence-corrected chi connectivity index (χ0v) is 24.8. The number of hydrogen-bond acceptors (Lipinski definition) is 6. The summed E-state index contributed by atoms with van der Waals surface area (Å²) >= 11 is 0. The highest BCUT2D eigenvalue weighted by atomic mass is 16.5. The summed E-state index contributed by atoms with van der Waals surface area (Å²) in [5.41, 5.74) is 3.09. The molecular weight excluding hydrogens is 500 g/mol. The monoisotopic (exact) mass is 544 g/mol. The number of aryl methyl sites for hydroxylation is 1. The Morgan fingerprint density at radius 2 is 1.40 bits per heavy atom. The van der Waals surface area contributed by atoms with Crippen LogP contribution in [0.2, 0.25) is 0 Å². The van der Waals surface area contributed by atoms with Crippen LogP contribution in [0.4, 0.5) is 5.69 Å². The topological polar surface area (TPSA) is 70.1 Å². The van der Waals surface area contributed by atoms with Crippen LogP contribution in [-0.4, -0.2) is 73.1 Å². The predicted octanol–water partition coefficient (Wildman–Crippen LogP) is 5.61. The fraction of sp³-hybridized carbons (Fsp3) is 0.412. The Kier molecular flexibility index (Phi) is 10.8. The first-order chi connectivity index (χ1) is 19.0. The third-order valence-corrected chi connectivity index (χ3v) is 7.58. The molecule has 6 nitrogen and oxygen atoms in total. The van der Waals surface area contributed by atoms with Gasteiger partial charge in [0.1, 0.15) is 5.60 Å². The van der Waals surface area contributed by atoms with Crippen LogP contribution in [0.15, 0.2) is 78.9 Å². The largest absolute Gasteiger partial charge is 0.382 e. The Morgan fingerprint density at radius 3 is 1.90 bits per heavy atom. The van der Waals surface area contributed by atoms with Gasteiger partial charge in [-0.2, -0.15) is 0 Å². The third kappa shape index (κ3) is 7.87. The number of nitrogens with zero attached hydrogens (tertiary/aromatic N) is 2. The first-order valence-corrected chi connectivity index (χ1v) is 14.0. The average Bonchev–Trinajstić information content (AvgIpc) is 2.97. The molecule has 0 aliphatic carbocycles. The maximum atomic E-state index is 13.6. The number of ether oxygens (including phenoxy) is 1. The number of Topliss-reactive ketones (excluding diaryl/α,β-unsaturated/α-hetero) is 2. The molecule has 6 heteroatoms. The molecule has 1 fully saturated rings. The van der Waals surface area contributed by atoms with Crippen molar-refractivity contribution in [2.24, 2.45) is 0 Å². The molecule has 1 N–H and O–H groups in total. The average molecular weight is 545 g/mol. The maximum Gasteiger partial charge on any atom is 0.193 e. The summed E-state index contributed by atoms with van der Waals surface area (Å²) in [6.45, 7) is 10.5. The Balaban J connectivity index is 0.000000307. The molecule has 1 saturated heterocycles. The van der Waals surface area contributed by atoms with Gasteiger partial charge in [-0.15, -0.1) is 0 Å². The van der Waals surface area contributed by atoms with Gasteiger partial charge >= 0.3 is 0 Å². The summed E-state index contributed by atoms with van der Waals surface area (Å²) in [6.07, 6.45) is 1.47. The third-order valence-electron chi connectivity index (χ3n) is 7.58. The Hall–Kier alpha value is -3.32. The van der Waals surface area contributed by atoms with E-state index in [-0.39, 0.29) is 11.6 Å². The molecule has 1 unspecified atom stereocenters. The first-order valence-electron chi connectivity index (χ1n) is 14.0. The van der Waals surface area contributed by atoms with Crippen molar-refractivity contribution in [1.29, 1.82) is 0 Å². The molecule has 0 bridgehead atoms. The lowest BCUT2D eigenvalue weighted by molar-refractivity contribution is 0.0488. The molecule has 1 aliphatic heterocycles. The van der Waals surface area contributed by atoms with Crippen molar-refractivity contribution in [2.75, 3.05) is 45.3 Å². The Morgan fingerprint density at radius 1 is 0.850 bits per heavy atom.